The van der Waals surface area contributed by atoms with Gasteiger partial charge in [-0.25, -0.2) is 0 Å². The first kappa shape index (κ1) is 23.1. The van der Waals surface area contributed by atoms with E-state index in [1.807, 2.05) is 49.9 Å². The van der Waals surface area contributed by atoms with Crippen molar-refractivity contribution in [3.63, 3.8) is 0 Å². The van der Waals surface area contributed by atoms with Gasteiger partial charge in [0.2, 0.25) is 11.8 Å². The van der Waals surface area contributed by atoms with Gasteiger partial charge in [0.05, 0.1) is 13.0 Å². The molecule has 1 amide bonds. The molecule has 0 radical (unpaired) electrons. The minimum atomic E-state index is 0.126. The van der Waals surface area contributed by atoms with Crippen molar-refractivity contribution in [2.24, 2.45) is 4.99 Å². The molecule has 1 aromatic heterocycles. The molecule has 0 spiro atoms. The van der Waals surface area contributed by atoms with Gasteiger partial charge in [0.1, 0.15) is 0 Å². The molecule has 168 valence electrons. The second-order valence-electron chi connectivity index (χ2n) is 7.86. The Kier molecular flexibility index (Phi) is 8.28. The number of halogens is 1. The van der Waals surface area contributed by atoms with E-state index in [1.54, 1.807) is 0 Å². The SMILES string of the molecule is CCNC(=NCCc1nc(C(C)C)no1)N1CCN(C(=O)Cc2cccc(Cl)c2)CC1. The topological polar surface area (TPSA) is 86.9 Å². The number of nitrogens with zero attached hydrogens (tertiary/aromatic N) is 5. The summed E-state index contributed by atoms with van der Waals surface area (Å²) in [5.74, 6) is 2.56. The first-order valence-electron chi connectivity index (χ1n) is 10.8. The summed E-state index contributed by atoms with van der Waals surface area (Å²) in [6.45, 7) is 10.3. The van der Waals surface area contributed by atoms with Crippen molar-refractivity contribution in [3.8, 4) is 0 Å². The van der Waals surface area contributed by atoms with E-state index in [-0.39, 0.29) is 11.8 Å². The Labute approximate surface area is 188 Å². The van der Waals surface area contributed by atoms with Crippen LogP contribution in [-0.2, 0) is 17.6 Å². The Morgan fingerprint density at radius 1 is 1.26 bits per heavy atom. The number of carbonyl (C=O) groups is 1. The summed E-state index contributed by atoms with van der Waals surface area (Å²) in [7, 11) is 0. The highest BCUT2D eigenvalue weighted by Crippen LogP contribution is 2.13. The van der Waals surface area contributed by atoms with Gasteiger partial charge in [0.25, 0.3) is 0 Å². The van der Waals surface area contributed by atoms with Gasteiger partial charge in [0.15, 0.2) is 11.8 Å². The van der Waals surface area contributed by atoms with Gasteiger partial charge < -0.3 is 19.6 Å². The third-order valence-corrected chi connectivity index (χ3v) is 5.33. The summed E-state index contributed by atoms with van der Waals surface area (Å²) in [5, 5.41) is 7.99. The van der Waals surface area contributed by atoms with E-state index in [1.165, 1.54) is 0 Å². The molecule has 0 aliphatic carbocycles. The smallest absolute Gasteiger partial charge is 0.228 e. The first-order valence-corrected chi connectivity index (χ1v) is 11.2. The Balaban J connectivity index is 1.51. The van der Waals surface area contributed by atoms with Crippen LogP contribution in [0.3, 0.4) is 0 Å². The molecule has 0 bridgehead atoms. The Morgan fingerprint density at radius 2 is 2.00 bits per heavy atom. The number of benzene rings is 1. The van der Waals surface area contributed by atoms with Gasteiger partial charge in [-0.15, -0.1) is 0 Å². The lowest BCUT2D eigenvalue weighted by Crippen LogP contribution is -2.54. The number of amides is 1. The molecular formula is C22H31ClN6O2. The fraction of sp³-hybridized carbons (Fsp3) is 0.545. The number of hydrogen-bond acceptors (Lipinski definition) is 5. The predicted octanol–water partition coefficient (Wildman–Crippen LogP) is 2.74. The van der Waals surface area contributed by atoms with Crippen LogP contribution >= 0.6 is 11.6 Å². The van der Waals surface area contributed by atoms with Crippen LogP contribution in [0.4, 0.5) is 0 Å². The minimum Gasteiger partial charge on any atom is -0.357 e. The Hall–Kier alpha value is -2.61. The van der Waals surface area contributed by atoms with E-state index in [0.717, 1.165) is 37.0 Å². The van der Waals surface area contributed by atoms with Crippen LogP contribution < -0.4 is 5.32 Å². The zero-order chi connectivity index (χ0) is 22.2. The summed E-state index contributed by atoms with van der Waals surface area (Å²) in [4.78, 5) is 25.9. The predicted molar refractivity (Wildman–Crippen MR) is 121 cm³/mol. The number of aromatic nitrogens is 2. The van der Waals surface area contributed by atoms with Crippen molar-refractivity contribution in [2.75, 3.05) is 39.3 Å². The van der Waals surface area contributed by atoms with E-state index >= 15 is 0 Å². The van der Waals surface area contributed by atoms with Gasteiger partial charge in [0, 0.05) is 50.1 Å². The maximum atomic E-state index is 12.7. The summed E-state index contributed by atoms with van der Waals surface area (Å²) in [5.41, 5.74) is 0.941. The highest BCUT2D eigenvalue weighted by Gasteiger charge is 2.23. The van der Waals surface area contributed by atoms with Gasteiger partial charge in [-0.3, -0.25) is 9.79 Å². The molecule has 9 heteroatoms. The second-order valence-corrected chi connectivity index (χ2v) is 8.30. The molecular weight excluding hydrogens is 416 g/mol. The zero-order valence-corrected chi connectivity index (χ0v) is 19.2. The van der Waals surface area contributed by atoms with Crippen LogP contribution in [0.1, 0.15) is 44.0 Å². The van der Waals surface area contributed by atoms with E-state index in [9.17, 15) is 4.79 Å². The average molecular weight is 447 g/mol. The molecule has 1 aliphatic rings. The molecule has 0 unspecified atom stereocenters. The first-order chi connectivity index (χ1) is 15.0. The van der Waals surface area contributed by atoms with Gasteiger partial charge in [-0.2, -0.15) is 4.98 Å². The summed E-state index contributed by atoms with van der Waals surface area (Å²) in [6.07, 6.45) is 0.976. The van der Waals surface area contributed by atoms with E-state index in [2.05, 4.69) is 20.4 Å². The number of guanidine groups is 1. The lowest BCUT2D eigenvalue weighted by molar-refractivity contribution is -0.131. The van der Waals surface area contributed by atoms with Crippen molar-refractivity contribution >= 4 is 23.5 Å². The number of nitrogens with one attached hydrogen (secondary N) is 1. The second kappa shape index (κ2) is 11.1. The number of hydrogen-bond donors (Lipinski definition) is 1. The fourth-order valence-electron chi connectivity index (χ4n) is 3.39. The van der Waals surface area contributed by atoms with Crippen LogP contribution in [0.2, 0.25) is 5.02 Å². The van der Waals surface area contributed by atoms with Gasteiger partial charge >= 0.3 is 0 Å². The summed E-state index contributed by atoms with van der Waals surface area (Å²) in [6, 6.07) is 7.47. The number of aliphatic imine (C=N–C) groups is 1. The molecule has 1 aliphatic heterocycles. The van der Waals surface area contributed by atoms with Crippen molar-refractivity contribution in [2.45, 2.75) is 39.5 Å². The van der Waals surface area contributed by atoms with Crippen LogP contribution in [0.15, 0.2) is 33.8 Å². The fourth-order valence-corrected chi connectivity index (χ4v) is 3.60. The van der Waals surface area contributed by atoms with Crippen LogP contribution in [-0.4, -0.2) is 71.1 Å². The highest BCUT2D eigenvalue weighted by molar-refractivity contribution is 6.30. The maximum Gasteiger partial charge on any atom is 0.228 e. The van der Waals surface area contributed by atoms with Crippen molar-refractivity contribution in [3.05, 3.63) is 46.6 Å². The van der Waals surface area contributed by atoms with Crippen LogP contribution in [0.5, 0.6) is 0 Å². The molecule has 1 fully saturated rings. The quantitative estimate of drug-likeness (QED) is 0.519. The molecule has 2 aromatic rings. The molecule has 0 saturated carbocycles. The molecule has 1 aromatic carbocycles. The molecule has 1 saturated heterocycles. The van der Waals surface area contributed by atoms with Crippen molar-refractivity contribution < 1.29 is 9.32 Å². The van der Waals surface area contributed by atoms with Gasteiger partial charge in [-0.1, -0.05) is 42.7 Å². The Morgan fingerprint density at radius 3 is 2.65 bits per heavy atom. The van der Waals surface area contributed by atoms with Gasteiger partial charge in [-0.05, 0) is 24.6 Å². The standard InChI is InChI=1S/C22H31ClN6O2/c1-4-24-22(25-9-8-19-26-21(16(2)3)27-31-19)29-12-10-28(11-13-29)20(30)15-17-6-5-7-18(23)14-17/h5-7,14,16H,4,8-13,15H2,1-3H3,(H,24,25). The van der Waals surface area contributed by atoms with Crippen LogP contribution in [0.25, 0.3) is 0 Å². The molecule has 2 heterocycles. The largest absolute Gasteiger partial charge is 0.357 e. The Bertz CT molecular complexity index is 890. The third-order valence-electron chi connectivity index (χ3n) is 5.10. The molecule has 31 heavy (non-hydrogen) atoms. The van der Waals surface area contributed by atoms with Crippen molar-refractivity contribution in [1.29, 1.82) is 0 Å². The molecule has 8 nitrogen and oxygen atoms in total. The third kappa shape index (κ3) is 6.69. The van der Waals surface area contributed by atoms with E-state index in [0.29, 0.717) is 43.4 Å². The molecule has 0 atom stereocenters. The average Bonchev–Trinajstić information content (AvgIpc) is 3.23. The van der Waals surface area contributed by atoms with E-state index < -0.39 is 0 Å². The molecule has 1 N–H and O–H groups in total. The maximum absolute atomic E-state index is 12.7. The highest BCUT2D eigenvalue weighted by atomic mass is 35.5. The number of piperazine rings is 1. The lowest BCUT2D eigenvalue weighted by atomic mass is 10.1. The summed E-state index contributed by atoms with van der Waals surface area (Å²) >= 11 is 6.03. The zero-order valence-electron chi connectivity index (χ0n) is 18.5. The monoisotopic (exact) mass is 446 g/mol. The summed E-state index contributed by atoms with van der Waals surface area (Å²) < 4.78 is 5.29. The molecule has 3 rings (SSSR count). The number of rotatable bonds is 7. The van der Waals surface area contributed by atoms with E-state index in [4.69, 9.17) is 21.1 Å². The van der Waals surface area contributed by atoms with Crippen molar-refractivity contribution in [1.82, 2.24) is 25.3 Å². The minimum absolute atomic E-state index is 0.126. The lowest BCUT2D eigenvalue weighted by Gasteiger charge is -2.36. The number of carbonyl (C=O) groups excluding carboxylic acids is 1. The normalized spacial score (nSPS) is 14.9. The van der Waals surface area contributed by atoms with Crippen LogP contribution in [0, 0.1) is 0 Å².